The van der Waals surface area contributed by atoms with Gasteiger partial charge in [0.25, 0.3) is 0 Å². The van der Waals surface area contributed by atoms with Gasteiger partial charge in [-0.2, -0.15) is 0 Å². The number of carbonyl (C=O) groups is 1. The number of rotatable bonds is 7. The molecule has 0 aliphatic rings. The second-order valence-corrected chi connectivity index (χ2v) is 7.75. The van der Waals surface area contributed by atoms with E-state index >= 15 is 0 Å². The molecule has 10 heteroatoms. The van der Waals surface area contributed by atoms with Crippen LogP contribution in [0.4, 0.5) is 20.2 Å². The van der Waals surface area contributed by atoms with Crippen LogP contribution >= 0.6 is 0 Å². The van der Waals surface area contributed by atoms with Gasteiger partial charge in [0.15, 0.2) is 11.6 Å². The van der Waals surface area contributed by atoms with Gasteiger partial charge in [-0.05, 0) is 31.2 Å². The molecule has 28 heavy (non-hydrogen) atoms. The molecule has 0 bridgehead atoms. The number of benzene rings is 2. The quantitative estimate of drug-likeness (QED) is 0.753. The molecule has 0 aliphatic heterocycles. The average molecular weight is 414 g/mol. The molecule has 2 rings (SSSR count). The fraction of sp³-hybridized carbons (Fsp3) is 0.278. The number of ether oxygens (including phenoxy) is 2. The van der Waals surface area contributed by atoms with Crippen molar-refractivity contribution in [2.45, 2.75) is 13.0 Å². The van der Waals surface area contributed by atoms with Gasteiger partial charge in [0, 0.05) is 12.1 Å². The van der Waals surface area contributed by atoms with E-state index in [1.165, 1.54) is 27.2 Å². The summed E-state index contributed by atoms with van der Waals surface area (Å²) in [5.41, 5.74) is 0.115. The number of anilines is 2. The zero-order valence-electron chi connectivity index (χ0n) is 15.7. The molecule has 1 atom stereocenters. The summed E-state index contributed by atoms with van der Waals surface area (Å²) in [7, 11) is -1.10. The molecule has 2 aromatic carbocycles. The Morgan fingerprint density at radius 3 is 2.29 bits per heavy atom. The smallest absolute Gasteiger partial charge is 0.248 e. The third-order valence-corrected chi connectivity index (χ3v) is 5.15. The standard InChI is InChI=1S/C18H20F2N2O5S/c1-11(18(23)21-16-8-6-13(26-2)10-17(16)27-3)22(28(4,24)25)12-5-7-14(19)15(20)9-12/h5-11H,1-4H3,(H,21,23)/t11-/m1/s1. The van der Waals surface area contributed by atoms with Crippen molar-refractivity contribution in [2.24, 2.45) is 0 Å². The van der Waals surface area contributed by atoms with E-state index in [4.69, 9.17) is 9.47 Å². The summed E-state index contributed by atoms with van der Waals surface area (Å²) < 4.78 is 62.2. The molecule has 7 nitrogen and oxygen atoms in total. The number of nitrogens with zero attached hydrogens (tertiary/aromatic N) is 1. The van der Waals surface area contributed by atoms with E-state index in [9.17, 15) is 22.0 Å². The Labute approximate surface area is 161 Å². The Hall–Kier alpha value is -2.88. The zero-order valence-corrected chi connectivity index (χ0v) is 16.5. The normalized spacial score (nSPS) is 12.2. The van der Waals surface area contributed by atoms with Crippen LogP contribution in [0.25, 0.3) is 0 Å². The summed E-state index contributed by atoms with van der Waals surface area (Å²) >= 11 is 0. The zero-order chi connectivity index (χ0) is 21.1. The van der Waals surface area contributed by atoms with Crippen molar-refractivity contribution < 1.29 is 31.5 Å². The lowest BCUT2D eigenvalue weighted by Crippen LogP contribution is -2.45. The minimum absolute atomic E-state index is 0.175. The monoisotopic (exact) mass is 414 g/mol. The molecule has 0 aromatic heterocycles. The Morgan fingerprint density at radius 1 is 1.07 bits per heavy atom. The van der Waals surface area contributed by atoms with Crippen LogP contribution < -0.4 is 19.1 Å². The maximum Gasteiger partial charge on any atom is 0.248 e. The predicted octanol–water partition coefficient (Wildman–Crippen LogP) is 2.78. The summed E-state index contributed by atoms with van der Waals surface area (Å²) in [6.07, 6.45) is 0.867. The van der Waals surface area contributed by atoms with E-state index in [2.05, 4.69) is 5.32 Å². The van der Waals surface area contributed by atoms with Crippen LogP contribution in [0, 0.1) is 11.6 Å². The van der Waals surface area contributed by atoms with Crippen LogP contribution in [0.1, 0.15) is 6.92 Å². The number of hydrogen-bond acceptors (Lipinski definition) is 5. The molecule has 1 N–H and O–H groups in total. The van der Waals surface area contributed by atoms with Crippen molar-refractivity contribution in [2.75, 3.05) is 30.1 Å². The number of nitrogens with one attached hydrogen (secondary N) is 1. The van der Waals surface area contributed by atoms with Crippen molar-refractivity contribution in [1.82, 2.24) is 0 Å². The van der Waals surface area contributed by atoms with E-state index in [-0.39, 0.29) is 5.69 Å². The lowest BCUT2D eigenvalue weighted by atomic mass is 10.2. The Balaban J connectivity index is 2.36. The van der Waals surface area contributed by atoms with Gasteiger partial charge in [-0.3, -0.25) is 9.10 Å². The highest BCUT2D eigenvalue weighted by Crippen LogP contribution is 2.30. The summed E-state index contributed by atoms with van der Waals surface area (Å²) in [4.78, 5) is 12.7. The summed E-state index contributed by atoms with van der Waals surface area (Å²) in [6.45, 7) is 1.33. The van der Waals surface area contributed by atoms with Crippen molar-refractivity contribution in [3.63, 3.8) is 0 Å². The lowest BCUT2D eigenvalue weighted by molar-refractivity contribution is -0.116. The third-order valence-electron chi connectivity index (χ3n) is 3.91. The fourth-order valence-corrected chi connectivity index (χ4v) is 3.74. The fourth-order valence-electron chi connectivity index (χ4n) is 2.57. The van der Waals surface area contributed by atoms with Crippen molar-refractivity contribution in [3.8, 4) is 11.5 Å². The lowest BCUT2D eigenvalue weighted by Gasteiger charge is -2.28. The molecule has 1 amide bonds. The van der Waals surface area contributed by atoms with Gasteiger partial charge in [-0.15, -0.1) is 0 Å². The highest BCUT2D eigenvalue weighted by atomic mass is 32.2. The van der Waals surface area contributed by atoms with Crippen LogP contribution in [-0.4, -0.2) is 40.8 Å². The summed E-state index contributed by atoms with van der Waals surface area (Å²) in [5, 5.41) is 2.57. The molecule has 0 unspecified atom stereocenters. The number of halogens is 2. The average Bonchev–Trinajstić information content (AvgIpc) is 2.63. The van der Waals surface area contributed by atoms with E-state index in [0.717, 1.165) is 18.4 Å². The number of methoxy groups -OCH3 is 2. The van der Waals surface area contributed by atoms with Crippen LogP contribution in [0.2, 0.25) is 0 Å². The van der Waals surface area contributed by atoms with Crippen molar-refractivity contribution in [1.29, 1.82) is 0 Å². The summed E-state index contributed by atoms with van der Waals surface area (Å²) in [5.74, 6) is -2.24. The molecule has 152 valence electrons. The molecule has 2 aromatic rings. The van der Waals surface area contributed by atoms with Crippen LogP contribution in [0.5, 0.6) is 11.5 Å². The summed E-state index contributed by atoms with van der Waals surface area (Å²) in [6, 6.07) is 6.00. The molecule has 0 spiro atoms. The van der Waals surface area contributed by atoms with Gasteiger partial charge in [0.05, 0.1) is 31.9 Å². The maximum absolute atomic E-state index is 13.6. The Morgan fingerprint density at radius 2 is 1.75 bits per heavy atom. The second-order valence-electron chi connectivity index (χ2n) is 5.89. The molecule has 0 fully saturated rings. The first-order valence-corrected chi connectivity index (χ1v) is 9.90. The molecule has 0 saturated carbocycles. The first kappa shape index (κ1) is 21.4. The molecule has 0 heterocycles. The van der Waals surface area contributed by atoms with E-state index in [1.807, 2.05) is 0 Å². The number of sulfonamides is 1. The van der Waals surface area contributed by atoms with Gasteiger partial charge >= 0.3 is 0 Å². The van der Waals surface area contributed by atoms with Crippen LogP contribution in [0.3, 0.4) is 0 Å². The number of hydrogen-bond donors (Lipinski definition) is 1. The van der Waals surface area contributed by atoms with Gasteiger partial charge in [0.2, 0.25) is 15.9 Å². The van der Waals surface area contributed by atoms with E-state index < -0.39 is 33.6 Å². The van der Waals surface area contributed by atoms with E-state index in [0.29, 0.717) is 27.6 Å². The van der Waals surface area contributed by atoms with E-state index in [1.54, 1.807) is 12.1 Å². The molecule has 0 aliphatic carbocycles. The largest absolute Gasteiger partial charge is 0.497 e. The Bertz CT molecular complexity index is 982. The van der Waals surface area contributed by atoms with Gasteiger partial charge in [-0.25, -0.2) is 17.2 Å². The number of carbonyl (C=O) groups excluding carboxylic acids is 1. The van der Waals surface area contributed by atoms with Crippen LogP contribution in [-0.2, 0) is 14.8 Å². The topological polar surface area (TPSA) is 84.9 Å². The number of amides is 1. The predicted molar refractivity (Wildman–Crippen MR) is 101 cm³/mol. The molecule has 0 saturated heterocycles. The highest BCUT2D eigenvalue weighted by Gasteiger charge is 2.30. The Kier molecular flexibility index (Phi) is 6.45. The van der Waals surface area contributed by atoms with Gasteiger partial charge < -0.3 is 14.8 Å². The van der Waals surface area contributed by atoms with Crippen LogP contribution in [0.15, 0.2) is 36.4 Å². The van der Waals surface area contributed by atoms with Crippen molar-refractivity contribution >= 4 is 27.3 Å². The third kappa shape index (κ3) is 4.69. The second kappa shape index (κ2) is 8.42. The first-order chi connectivity index (χ1) is 13.1. The molecular formula is C18H20F2N2O5S. The SMILES string of the molecule is COc1ccc(NC(=O)[C@@H](C)N(c2ccc(F)c(F)c2)S(C)(=O)=O)c(OC)c1. The first-order valence-electron chi connectivity index (χ1n) is 8.05. The molecule has 0 radical (unpaired) electrons. The van der Waals surface area contributed by atoms with Gasteiger partial charge in [-0.1, -0.05) is 0 Å². The molecular weight excluding hydrogens is 394 g/mol. The van der Waals surface area contributed by atoms with Crippen molar-refractivity contribution in [3.05, 3.63) is 48.0 Å². The maximum atomic E-state index is 13.6. The highest BCUT2D eigenvalue weighted by molar-refractivity contribution is 7.92. The minimum atomic E-state index is -3.98. The van der Waals surface area contributed by atoms with Gasteiger partial charge in [0.1, 0.15) is 17.5 Å². The minimum Gasteiger partial charge on any atom is -0.497 e.